The van der Waals surface area contributed by atoms with Crippen molar-refractivity contribution < 1.29 is 9.59 Å². The third kappa shape index (κ3) is 6.07. The number of amides is 2. The zero-order valence-electron chi connectivity index (χ0n) is 19.5. The average Bonchev–Trinajstić information content (AvgIpc) is 3.34. The number of rotatable bonds is 9. The molecule has 0 N–H and O–H groups in total. The van der Waals surface area contributed by atoms with Gasteiger partial charge in [0.15, 0.2) is 10.3 Å². The molecule has 2 amide bonds. The van der Waals surface area contributed by atoms with Crippen molar-refractivity contribution in [1.82, 2.24) is 19.8 Å². The van der Waals surface area contributed by atoms with Crippen molar-refractivity contribution in [2.24, 2.45) is 9.98 Å². The van der Waals surface area contributed by atoms with E-state index in [9.17, 15) is 9.59 Å². The first-order valence-corrected chi connectivity index (χ1v) is 13.1. The number of hydrogen-bond acceptors (Lipinski definition) is 8. The van der Waals surface area contributed by atoms with Crippen molar-refractivity contribution in [2.75, 3.05) is 24.6 Å². The molecule has 0 fully saturated rings. The van der Waals surface area contributed by atoms with Crippen molar-refractivity contribution in [2.45, 2.75) is 0 Å². The Labute approximate surface area is 218 Å². The van der Waals surface area contributed by atoms with Gasteiger partial charge in [-0.25, -0.2) is 9.98 Å². The van der Waals surface area contributed by atoms with Gasteiger partial charge in [-0.05, 0) is 36.4 Å². The van der Waals surface area contributed by atoms with Crippen molar-refractivity contribution >= 4 is 57.8 Å². The van der Waals surface area contributed by atoms with E-state index < -0.39 is 0 Å². The van der Waals surface area contributed by atoms with Crippen LogP contribution >= 0.6 is 23.5 Å². The Balaban J connectivity index is 1.42. The lowest BCUT2D eigenvalue weighted by Crippen LogP contribution is -2.31. The van der Waals surface area contributed by atoms with Crippen LogP contribution in [0.5, 0.6) is 0 Å². The maximum atomic E-state index is 12.9. The van der Waals surface area contributed by atoms with Crippen LogP contribution in [-0.2, 0) is 9.59 Å². The van der Waals surface area contributed by atoms with Crippen molar-refractivity contribution in [3.8, 4) is 0 Å². The van der Waals surface area contributed by atoms with Crippen LogP contribution in [0.4, 0.5) is 0 Å². The molecule has 182 valence electrons. The number of thioether (sulfide) groups is 2. The zero-order valence-corrected chi connectivity index (χ0v) is 21.1. The monoisotopic (exact) mass is 516 g/mol. The van der Waals surface area contributed by atoms with Gasteiger partial charge in [0.2, 0.25) is 0 Å². The van der Waals surface area contributed by atoms with Gasteiger partial charge in [0.1, 0.15) is 11.4 Å². The summed E-state index contributed by atoms with van der Waals surface area (Å²) in [5.41, 5.74) is 2.03. The molecule has 4 rings (SSSR count). The van der Waals surface area contributed by atoms with E-state index in [2.05, 4.69) is 33.1 Å². The van der Waals surface area contributed by atoms with E-state index in [0.717, 1.165) is 0 Å². The average molecular weight is 517 g/mol. The normalized spacial score (nSPS) is 17.7. The summed E-state index contributed by atoms with van der Waals surface area (Å²) >= 11 is 2.95. The second-order valence-corrected chi connectivity index (χ2v) is 9.59. The van der Waals surface area contributed by atoms with E-state index in [-0.39, 0.29) is 11.8 Å². The molecule has 2 aromatic rings. The minimum absolute atomic E-state index is 0.178. The lowest BCUT2D eigenvalue weighted by Gasteiger charge is -2.16. The fraction of sp³-hybridized carbons (Fsp3) is 0.154. The molecular weight excluding hydrogens is 492 g/mol. The number of carbonyl (C=O) groups excluding carboxylic acids is 2. The molecule has 8 nitrogen and oxygen atoms in total. The predicted molar refractivity (Wildman–Crippen MR) is 148 cm³/mol. The van der Waals surface area contributed by atoms with Crippen LogP contribution in [0, 0.1) is 0 Å². The lowest BCUT2D eigenvalue weighted by atomic mass is 10.3. The van der Waals surface area contributed by atoms with Crippen LogP contribution in [0.15, 0.2) is 95.5 Å². The Hall–Kier alpha value is -3.76. The van der Waals surface area contributed by atoms with Gasteiger partial charge >= 0.3 is 0 Å². The Morgan fingerprint density at radius 1 is 0.722 bits per heavy atom. The van der Waals surface area contributed by atoms with Crippen molar-refractivity contribution in [3.63, 3.8) is 0 Å². The van der Waals surface area contributed by atoms with Gasteiger partial charge in [-0.1, -0.05) is 47.8 Å². The van der Waals surface area contributed by atoms with Crippen LogP contribution in [0.3, 0.4) is 0 Å². The van der Waals surface area contributed by atoms with E-state index in [0.29, 0.717) is 57.7 Å². The second-order valence-electron chi connectivity index (χ2n) is 7.46. The highest BCUT2D eigenvalue weighted by atomic mass is 32.2. The molecule has 0 unspecified atom stereocenters. The molecule has 4 heterocycles. The quantitative estimate of drug-likeness (QED) is 0.283. The molecule has 0 atom stereocenters. The molecule has 0 spiro atoms. The van der Waals surface area contributed by atoms with Crippen LogP contribution in [-0.4, -0.2) is 66.5 Å². The topological polar surface area (TPSA) is 91.1 Å². The third-order valence-corrected chi connectivity index (χ3v) is 7.15. The standard InChI is InChI=1S/C26H24N6O2S2/c1-3-13-31-23(33)21(17-19-9-5-7-11-27-19)29-25(31)35-15-16-36-26-30-22(24(34)32(26)14-4-2)18-20-10-6-8-12-28-20/h3-12,17-18H,1-2,13-16H2. The highest BCUT2D eigenvalue weighted by Crippen LogP contribution is 2.27. The minimum Gasteiger partial charge on any atom is -0.282 e. The number of hydrogen-bond donors (Lipinski definition) is 0. The molecule has 2 aliphatic heterocycles. The molecule has 0 saturated heterocycles. The Morgan fingerprint density at radius 2 is 1.17 bits per heavy atom. The number of aromatic nitrogens is 2. The summed E-state index contributed by atoms with van der Waals surface area (Å²) in [7, 11) is 0. The predicted octanol–water partition coefficient (Wildman–Crippen LogP) is 4.09. The van der Waals surface area contributed by atoms with E-state index in [1.807, 2.05) is 36.4 Å². The molecule has 0 radical (unpaired) electrons. The summed E-state index contributed by atoms with van der Waals surface area (Å²) in [6.07, 6.45) is 10.1. The fourth-order valence-electron chi connectivity index (χ4n) is 3.33. The van der Waals surface area contributed by atoms with Gasteiger partial charge in [-0.2, -0.15) is 0 Å². The van der Waals surface area contributed by atoms with E-state index in [1.165, 1.54) is 23.5 Å². The highest BCUT2D eigenvalue weighted by Gasteiger charge is 2.31. The fourth-order valence-corrected chi connectivity index (χ4v) is 5.31. The molecule has 2 aromatic heterocycles. The van der Waals surface area contributed by atoms with E-state index >= 15 is 0 Å². The minimum atomic E-state index is -0.178. The molecule has 0 aromatic carbocycles. The Morgan fingerprint density at radius 3 is 1.53 bits per heavy atom. The smallest absolute Gasteiger partial charge is 0.278 e. The highest BCUT2D eigenvalue weighted by molar-refractivity contribution is 8.17. The Bertz CT molecular complexity index is 1170. The van der Waals surface area contributed by atoms with Gasteiger partial charge in [-0.3, -0.25) is 29.4 Å². The molecule has 0 saturated carbocycles. The Kier molecular flexibility index (Phi) is 8.64. The summed E-state index contributed by atoms with van der Waals surface area (Å²) in [6, 6.07) is 11.0. The van der Waals surface area contributed by atoms with Gasteiger partial charge in [-0.15, -0.1) is 13.2 Å². The molecular formula is C26H24N6O2S2. The van der Waals surface area contributed by atoms with Gasteiger partial charge in [0, 0.05) is 37.0 Å². The summed E-state index contributed by atoms with van der Waals surface area (Å²) in [5, 5.41) is 1.23. The summed E-state index contributed by atoms with van der Waals surface area (Å²) in [4.78, 5) is 46.5. The van der Waals surface area contributed by atoms with Crippen LogP contribution in [0.1, 0.15) is 11.4 Å². The number of aliphatic imine (C=N–C) groups is 2. The first-order chi connectivity index (χ1) is 17.6. The van der Waals surface area contributed by atoms with Crippen molar-refractivity contribution in [1.29, 1.82) is 0 Å². The number of pyridine rings is 2. The molecule has 0 bridgehead atoms. The van der Waals surface area contributed by atoms with Gasteiger partial charge < -0.3 is 0 Å². The molecule has 36 heavy (non-hydrogen) atoms. The first-order valence-electron chi connectivity index (χ1n) is 11.1. The first kappa shape index (κ1) is 25.3. The third-order valence-electron chi connectivity index (χ3n) is 4.94. The SMILES string of the molecule is C=CCN1C(=O)C(=Cc2ccccn2)N=C1SCCSC1=NC(=Cc2ccccn2)C(=O)N1CC=C. The summed E-state index contributed by atoms with van der Waals surface area (Å²) in [5.74, 6) is 0.969. The second kappa shape index (κ2) is 12.3. The van der Waals surface area contributed by atoms with Crippen LogP contribution in [0.2, 0.25) is 0 Å². The molecule has 0 aliphatic carbocycles. The van der Waals surface area contributed by atoms with Gasteiger partial charge in [0.25, 0.3) is 11.8 Å². The lowest BCUT2D eigenvalue weighted by molar-refractivity contribution is -0.123. The number of carbonyl (C=O) groups is 2. The van der Waals surface area contributed by atoms with Crippen LogP contribution in [0.25, 0.3) is 12.2 Å². The summed E-state index contributed by atoms with van der Waals surface area (Å²) in [6.45, 7) is 8.25. The van der Waals surface area contributed by atoms with Crippen molar-refractivity contribution in [3.05, 3.63) is 96.9 Å². The summed E-state index contributed by atoms with van der Waals surface area (Å²) < 4.78 is 0. The number of amidine groups is 2. The van der Waals surface area contributed by atoms with Gasteiger partial charge in [0.05, 0.1) is 11.4 Å². The van der Waals surface area contributed by atoms with Crippen LogP contribution < -0.4 is 0 Å². The zero-order chi connectivity index (χ0) is 25.3. The van der Waals surface area contributed by atoms with E-state index in [1.54, 1.807) is 46.5 Å². The molecule has 10 heteroatoms. The van der Waals surface area contributed by atoms with E-state index in [4.69, 9.17) is 0 Å². The maximum absolute atomic E-state index is 12.9. The molecule has 2 aliphatic rings. The maximum Gasteiger partial charge on any atom is 0.278 e. The largest absolute Gasteiger partial charge is 0.282 e. The number of nitrogens with zero attached hydrogens (tertiary/aromatic N) is 6.